The molecule has 328 valence electrons. The van der Waals surface area contributed by atoms with Crippen LogP contribution in [0.4, 0.5) is 28.4 Å². The van der Waals surface area contributed by atoms with Crippen molar-refractivity contribution in [3.05, 3.63) is 181 Å². The van der Waals surface area contributed by atoms with Crippen molar-refractivity contribution in [3.8, 4) is 0 Å². The molecule has 0 saturated carbocycles. The summed E-state index contributed by atoms with van der Waals surface area (Å²) < 4.78 is 1.03. The summed E-state index contributed by atoms with van der Waals surface area (Å²) in [6.45, 7) is 31.0. The summed E-state index contributed by atoms with van der Waals surface area (Å²) in [5, 5.41) is 4.99. The second-order valence-electron chi connectivity index (χ2n) is 19.6. The summed E-state index contributed by atoms with van der Waals surface area (Å²) in [7, 11) is 0. The quantitative estimate of drug-likeness (QED) is 0.137. The maximum atomic E-state index is 6.41. The largest absolute Gasteiger partial charge is 2.00 e. The molecule has 0 amide bonds. The van der Waals surface area contributed by atoms with Crippen LogP contribution in [0.2, 0.25) is 10.0 Å². The molecule has 61 heavy (non-hydrogen) atoms. The van der Waals surface area contributed by atoms with Crippen LogP contribution < -0.4 is 10.2 Å². The molecule has 0 heterocycles. The van der Waals surface area contributed by atoms with Gasteiger partial charge in [-0.1, -0.05) is 171 Å². The van der Waals surface area contributed by atoms with Crippen molar-refractivity contribution in [1.29, 1.82) is 0 Å². The Hall–Kier alpha value is -3.32. The van der Waals surface area contributed by atoms with Crippen LogP contribution in [0, 0.1) is 13.8 Å². The lowest BCUT2D eigenvalue weighted by molar-refractivity contribution is 0.590. The first kappa shape index (κ1) is 53.8. The Kier molecular flexibility index (Phi) is 19.7. The number of aryl methyl sites for hydroxylation is 2. The number of hydrogen-bond donors (Lipinski definition) is 1. The van der Waals surface area contributed by atoms with Crippen LogP contribution in [0.25, 0.3) is 0 Å². The number of thiol groups is 1. The maximum Gasteiger partial charge on any atom is 0.0479 e. The van der Waals surface area contributed by atoms with E-state index < -0.39 is 0 Å². The van der Waals surface area contributed by atoms with Crippen LogP contribution in [0.15, 0.2) is 138 Å². The van der Waals surface area contributed by atoms with E-state index in [-0.39, 0.29) is 48.7 Å². The summed E-state index contributed by atoms with van der Waals surface area (Å²) in [5.74, 6) is 0. The van der Waals surface area contributed by atoms with Gasteiger partial charge in [-0.05, 0) is 154 Å². The molecule has 0 spiro atoms. The molecular formula is C54H66BrCl2N2S2-3. The van der Waals surface area contributed by atoms with Gasteiger partial charge in [-0.2, -0.15) is 0 Å². The van der Waals surface area contributed by atoms with E-state index >= 15 is 0 Å². The molecule has 0 radical (unpaired) electrons. The molecule has 0 aliphatic heterocycles. The highest BCUT2D eigenvalue weighted by Crippen LogP contribution is 2.38. The van der Waals surface area contributed by atoms with Gasteiger partial charge in [0, 0.05) is 43.0 Å². The van der Waals surface area contributed by atoms with Crippen molar-refractivity contribution in [2.75, 3.05) is 10.2 Å². The monoisotopic (exact) mass is 955 g/mol. The topological polar surface area (TPSA) is 15.3 Å². The predicted octanol–water partition coefficient (Wildman–Crippen LogP) is 17.9. The number of nitrogens with zero attached hydrogens (tertiary/aromatic N) is 1. The molecule has 6 rings (SSSR count). The van der Waals surface area contributed by atoms with E-state index in [4.69, 9.17) is 23.2 Å². The summed E-state index contributed by atoms with van der Waals surface area (Å²) >= 11 is 15.5. The van der Waals surface area contributed by atoms with E-state index in [9.17, 15) is 0 Å². The number of halogens is 3. The van der Waals surface area contributed by atoms with Gasteiger partial charge in [0.1, 0.15) is 0 Å². The number of anilines is 5. The first-order valence-corrected chi connectivity index (χ1v) is 22.0. The van der Waals surface area contributed by atoms with Gasteiger partial charge < -0.3 is 37.2 Å². The Morgan fingerprint density at radius 2 is 0.705 bits per heavy atom. The first-order valence-electron chi connectivity index (χ1n) is 20.5. The molecule has 0 unspecified atom stereocenters. The van der Waals surface area contributed by atoms with E-state index in [1.807, 2.05) is 37.3 Å². The molecule has 7 heteroatoms. The normalized spacial score (nSPS) is 11.4. The van der Waals surface area contributed by atoms with E-state index in [2.05, 4.69) is 219 Å². The van der Waals surface area contributed by atoms with Crippen LogP contribution in [0.5, 0.6) is 0 Å². The molecule has 2 nitrogen and oxygen atoms in total. The van der Waals surface area contributed by atoms with E-state index in [0.29, 0.717) is 0 Å². The fraction of sp³-hybridized carbons (Fsp3) is 0.333. The smallest absolute Gasteiger partial charge is 0.0479 e. The third-order valence-electron chi connectivity index (χ3n) is 10.1. The molecule has 0 aliphatic carbocycles. The predicted molar refractivity (Wildman–Crippen MR) is 282 cm³/mol. The molecule has 1 N–H and O–H groups in total. The zero-order valence-corrected chi connectivity index (χ0v) is 43.4. The Balaban J connectivity index is 0.000000350. The van der Waals surface area contributed by atoms with Gasteiger partial charge in [-0.25, -0.2) is 0 Å². The maximum absolute atomic E-state index is 6.41. The zero-order chi connectivity index (χ0) is 43.9. The minimum Gasteiger partial charge on any atom is -2.00 e. The molecule has 6 aromatic rings. The standard InChI is InChI=1S/C27H32ClN.C20H27N.C7H6BrCl.H2S.S/c1-19-16-22(28)18-25(17-19)29(23-12-8-20(9-13-23)26(2,3)4)24-14-10-21(11-15-24)27(5,6)7;1-19(2,3)15-7-11-17(12-8-15)21-18-13-9-16(10-14-18)20(4,5)6;1-5-2-6(8)4-7(9)3-5;;/h8-18H,1-7H3;7-14,21H,1-6H3;2-4H,1H3;1H2;/q;;;;-2/p-1. The Bertz CT molecular complexity index is 2080. The minimum absolute atomic E-state index is 0. The lowest BCUT2D eigenvalue weighted by Crippen LogP contribution is -2.14. The summed E-state index contributed by atoms with van der Waals surface area (Å²) in [5.41, 5.74) is 13.9. The zero-order valence-electron chi connectivity index (χ0n) is 38.6. The van der Waals surface area contributed by atoms with Gasteiger partial charge in [0.2, 0.25) is 0 Å². The Morgan fingerprint density at radius 3 is 0.984 bits per heavy atom. The van der Waals surface area contributed by atoms with Crippen molar-refractivity contribution in [3.63, 3.8) is 0 Å². The SMILES string of the molecule is CC(C)(C)c1ccc(Nc2ccc(C(C)(C)C)cc2)cc1.Cc1cc(Cl)cc(Br)c1.Cc1cc(Cl)cc(N(c2ccc(C(C)(C)C)cc2)c2ccc(C(C)(C)C)cc2)c1.[S-2].[SH-]. The second-order valence-corrected chi connectivity index (χ2v) is 21.4. The molecule has 0 aliphatic rings. The molecule has 0 saturated heterocycles. The van der Waals surface area contributed by atoms with Crippen molar-refractivity contribution < 1.29 is 0 Å². The average Bonchev–Trinajstić information content (AvgIpc) is 3.11. The third kappa shape index (κ3) is 16.7. The number of hydrogen-bond acceptors (Lipinski definition) is 3. The average molecular weight is 958 g/mol. The van der Waals surface area contributed by atoms with Crippen molar-refractivity contribution in [1.82, 2.24) is 0 Å². The van der Waals surface area contributed by atoms with Crippen LogP contribution in [0.3, 0.4) is 0 Å². The minimum atomic E-state index is 0. The van der Waals surface area contributed by atoms with E-state index in [1.165, 1.54) is 27.8 Å². The summed E-state index contributed by atoms with van der Waals surface area (Å²) in [6, 6.07) is 47.1. The Morgan fingerprint density at radius 1 is 0.410 bits per heavy atom. The lowest BCUT2D eigenvalue weighted by atomic mass is 9.86. The van der Waals surface area contributed by atoms with Gasteiger partial charge in [-0.3, -0.25) is 0 Å². The van der Waals surface area contributed by atoms with Gasteiger partial charge in [0.25, 0.3) is 0 Å². The molecule has 0 fully saturated rings. The number of rotatable bonds is 5. The second kappa shape index (κ2) is 22.3. The molecule has 0 atom stereocenters. The number of nitrogens with one attached hydrogen (secondary N) is 1. The van der Waals surface area contributed by atoms with Gasteiger partial charge in [0.05, 0.1) is 0 Å². The highest BCUT2D eigenvalue weighted by Gasteiger charge is 2.19. The van der Waals surface area contributed by atoms with Crippen LogP contribution in [-0.4, -0.2) is 0 Å². The van der Waals surface area contributed by atoms with Crippen LogP contribution >= 0.6 is 39.1 Å². The fourth-order valence-electron chi connectivity index (χ4n) is 6.48. The van der Waals surface area contributed by atoms with Crippen LogP contribution in [0.1, 0.15) is 116 Å². The highest BCUT2D eigenvalue weighted by atomic mass is 79.9. The van der Waals surface area contributed by atoms with Gasteiger partial charge in [-0.15, -0.1) is 0 Å². The Labute approximate surface area is 401 Å². The van der Waals surface area contributed by atoms with Crippen molar-refractivity contribution in [2.45, 2.75) is 119 Å². The number of benzene rings is 6. The summed E-state index contributed by atoms with van der Waals surface area (Å²) in [6.07, 6.45) is 0. The molecule has 6 aromatic carbocycles. The van der Waals surface area contributed by atoms with Gasteiger partial charge >= 0.3 is 0 Å². The van der Waals surface area contributed by atoms with Gasteiger partial charge in [0.15, 0.2) is 0 Å². The molecular weight excluding hydrogens is 892 g/mol. The molecule has 0 aromatic heterocycles. The first-order chi connectivity index (χ1) is 27.3. The molecule has 0 bridgehead atoms. The van der Waals surface area contributed by atoms with Crippen molar-refractivity contribution in [2.24, 2.45) is 0 Å². The highest BCUT2D eigenvalue weighted by molar-refractivity contribution is 9.10. The van der Waals surface area contributed by atoms with E-state index in [0.717, 1.165) is 48.5 Å². The van der Waals surface area contributed by atoms with Crippen LogP contribution in [-0.2, 0) is 48.7 Å². The fourth-order valence-corrected chi connectivity index (χ4v) is 7.79. The summed E-state index contributed by atoms with van der Waals surface area (Å²) in [4.78, 5) is 2.28. The third-order valence-corrected chi connectivity index (χ3v) is 11.0. The van der Waals surface area contributed by atoms with E-state index in [1.54, 1.807) is 0 Å². The lowest BCUT2D eigenvalue weighted by Gasteiger charge is -2.28. The van der Waals surface area contributed by atoms with Crippen molar-refractivity contribution >= 4 is 94.6 Å².